The first kappa shape index (κ1) is 12.7. The van der Waals surface area contributed by atoms with Crippen molar-refractivity contribution in [3.05, 3.63) is 47.5 Å². The Labute approximate surface area is 117 Å². The third kappa shape index (κ3) is 2.14. The number of fused-ring (bicyclic) bond motifs is 1. The second-order valence-electron chi connectivity index (χ2n) is 4.71. The van der Waals surface area contributed by atoms with Gasteiger partial charge < -0.3 is 14.9 Å². The van der Waals surface area contributed by atoms with Crippen molar-refractivity contribution in [2.24, 2.45) is 5.73 Å². The molecule has 1 aromatic heterocycles. The number of rotatable bonds is 3. The summed E-state index contributed by atoms with van der Waals surface area (Å²) < 4.78 is 11.1. The number of aromatic nitrogens is 1. The van der Waals surface area contributed by atoms with Gasteiger partial charge in [-0.3, -0.25) is 0 Å². The molecule has 102 valence electrons. The largest absolute Gasteiger partial charge is 0.496 e. The summed E-state index contributed by atoms with van der Waals surface area (Å²) in [6.07, 6.45) is 0. The zero-order valence-electron chi connectivity index (χ0n) is 11.5. The van der Waals surface area contributed by atoms with Crippen LogP contribution < -0.4 is 10.5 Å². The van der Waals surface area contributed by atoms with Crippen molar-refractivity contribution < 1.29 is 9.15 Å². The number of hydrogen-bond acceptors (Lipinski definition) is 4. The van der Waals surface area contributed by atoms with Crippen molar-refractivity contribution >= 4 is 11.1 Å². The Kier molecular flexibility index (Phi) is 3.16. The molecule has 0 saturated heterocycles. The molecule has 4 nitrogen and oxygen atoms in total. The van der Waals surface area contributed by atoms with Gasteiger partial charge in [-0.15, -0.1) is 0 Å². The van der Waals surface area contributed by atoms with Crippen LogP contribution in [0.4, 0.5) is 0 Å². The molecule has 0 unspecified atom stereocenters. The monoisotopic (exact) mass is 268 g/mol. The molecule has 3 rings (SSSR count). The predicted octanol–water partition coefficient (Wildman–Crippen LogP) is 3.27. The summed E-state index contributed by atoms with van der Waals surface area (Å²) in [5.41, 5.74) is 10.2. The summed E-state index contributed by atoms with van der Waals surface area (Å²) in [7, 11) is 1.65. The molecule has 2 aromatic carbocycles. The van der Waals surface area contributed by atoms with Crippen molar-refractivity contribution in [3.63, 3.8) is 0 Å². The number of methoxy groups -OCH3 is 1. The molecule has 0 fully saturated rings. The Morgan fingerprint density at radius 3 is 2.60 bits per heavy atom. The Hall–Kier alpha value is -2.33. The van der Waals surface area contributed by atoms with E-state index in [1.165, 1.54) is 0 Å². The van der Waals surface area contributed by atoms with E-state index in [4.69, 9.17) is 14.9 Å². The molecule has 0 spiro atoms. The van der Waals surface area contributed by atoms with Crippen molar-refractivity contribution in [2.45, 2.75) is 13.5 Å². The minimum Gasteiger partial charge on any atom is -0.496 e. The first-order valence-corrected chi connectivity index (χ1v) is 6.46. The zero-order chi connectivity index (χ0) is 14.1. The summed E-state index contributed by atoms with van der Waals surface area (Å²) in [5.74, 6) is 1.42. The van der Waals surface area contributed by atoms with E-state index in [9.17, 15) is 0 Å². The van der Waals surface area contributed by atoms with E-state index >= 15 is 0 Å². The molecule has 3 aromatic rings. The maximum Gasteiger partial charge on any atom is 0.227 e. The molecule has 0 aliphatic carbocycles. The van der Waals surface area contributed by atoms with Gasteiger partial charge >= 0.3 is 0 Å². The number of hydrogen-bond donors (Lipinski definition) is 1. The Balaban J connectivity index is 2.07. The van der Waals surface area contributed by atoms with Crippen molar-refractivity contribution in [1.82, 2.24) is 4.98 Å². The normalized spacial score (nSPS) is 10.9. The predicted molar refractivity (Wildman–Crippen MR) is 78.6 cm³/mol. The highest BCUT2D eigenvalue weighted by atomic mass is 16.5. The van der Waals surface area contributed by atoms with Crippen molar-refractivity contribution in [2.75, 3.05) is 7.11 Å². The second kappa shape index (κ2) is 4.98. The second-order valence-corrected chi connectivity index (χ2v) is 4.71. The minimum atomic E-state index is 0.532. The van der Waals surface area contributed by atoms with Crippen LogP contribution in [0.1, 0.15) is 11.1 Å². The fourth-order valence-electron chi connectivity index (χ4n) is 2.18. The van der Waals surface area contributed by atoms with E-state index in [0.29, 0.717) is 12.4 Å². The summed E-state index contributed by atoms with van der Waals surface area (Å²) >= 11 is 0. The number of oxazole rings is 1. The van der Waals surface area contributed by atoms with Gasteiger partial charge in [-0.05, 0) is 36.2 Å². The lowest BCUT2D eigenvalue weighted by Crippen LogP contribution is -1.95. The number of nitrogens with two attached hydrogens (primary N) is 1. The van der Waals surface area contributed by atoms with E-state index in [1.54, 1.807) is 7.11 Å². The van der Waals surface area contributed by atoms with E-state index in [0.717, 1.165) is 33.5 Å². The van der Waals surface area contributed by atoms with Gasteiger partial charge in [0.2, 0.25) is 5.89 Å². The van der Waals surface area contributed by atoms with E-state index in [-0.39, 0.29) is 0 Å². The summed E-state index contributed by atoms with van der Waals surface area (Å²) in [5, 5.41) is 0. The molecule has 1 heterocycles. The highest BCUT2D eigenvalue weighted by Crippen LogP contribution is 2.29. The topological polar surface area (TPSA) is 61.3 Å². The molecule has 0 saturated carbocycles. The van der Waals surface area contributed by atoms with Crippen molar-refractivity contribution in [1.29, 1.82) is 0 Å². The van der Waals surface area contributed by atoms with Crippen LogP contribution in [-0.4, -0.2) is 12.1 Å². The van der Waals surface area contributed by atoms with Gasteiger partial charge in [-0.1, -0.05) is 12.1 Å². The molecule has 0 aliphatic rings. The maximum absolute atomic E-state index is 5.81. The molecule has 2 N–H and O–H groups in total. The van der Waals surface area contributed by atoms with Crippen molar-refractivity contribution in [3.8, 4) is 17.2 Å². The quantitative estimate of drug-likeness (QED) is 0.792. The van der Waals surface area contributed by atoms with Gasteiger partial charge in [0.15, 0.2) is 5.58 Å². The van der Waals surface area contributed by atoms with Gasteiger partial charge in [-0.25, -0.2) is 4.98 Å². The number of aryl methyl sites for hydroxylation is 1. The van der Waals surface area contributed by atoms with Crippen LogP contribution in [0.25, 0.3) is 22.6 Å². The SMILES string of the molecule is COc1cc2nc(-c3ccc(CN)cc3)oc2cc1C. The van der Waals surface area contributed by atoms with Crippen LogP contribution in [0.5, 0.6) is 5.75 Å². The van der Waals surface area contributed by atoms with Crippen LogP contribution >= 0.6 is 0 Å². The first-order chi connectivity index (χ1) is 9.71. The van der Waals surface area contributed by atoms with Gasteiger partial charge in [0, 0.05) is 18.2 Å². The summed E-state index contributed by atoms with van der Waals surface area (Å²) in [4.78, 5) is 4.51. The van der Waals surface area contributed by atoms with Gasteiger partial charge in [-0.2, -0.15) is 0 Å². The lowest BCUT2D eigenvalue weighted by molar-refractivity contribution is 0.412. The summed E-state index contributed by atoms with van der Waals surface area (Å²) in [6.45, 7) is 2.51. The lowest BCUT2D eigenvalue weighted by atomic mass is 10.1. The molecular formula is C16H16N2O2. The van der Waals surface area contributed by atoms with Crippen LogP contribution in [-0.2, 0) is 6.54 Å². The highest BCUT2D eigenvalue weighted by Gasteiger charge is 2.10. The third-order valence-electron chi connectivity index (χ3n) is 3.34. The minimum absolute atomic E-state index is 0.532. The Morgan fingerprint density at radius 1 is 1.20 bits per heavy atom. The standard InChI is InChI=1S/C16H16N2O2/c1-10-7-15-13(8-14(10)19-2)18-16(20-15)12-5-3-11(9-17)4-6-12/h3-8H,9,17H2,1-2H3. The molecule has 4 heteroatoms. The molecular weight excluding hydrogens is 252 g/mol. The first-order valence-electron chi connectivity index (χ1n) is 6.46. The molecule has 0 bridgehead atoms. The fraction of sp³-hybridized carbons (Fsp3) is 0.188. The van der Waals surface area contributed by atoms with E-state index < -0.39 is 0 Å². The van der Waals surface area contributed by atoms with Gasteiger partial charge in [0.25, 0.3) is 0 Å². The number of benzene rings is 2. The van der Waals surface area contributed by atoms with Gasteiger partial charge in [0.1, 0.15) is 11.3 Å². The number of ether oxygens (including phenoxy) is 1. The summed E-state index contributed by atoms with van der Waals surface area (Å²) in [6, 6.07) is 11.7. The van der Waals surface area contributed by atoms with Crippen LogP contribution in [0.2, 0.25) is 0 Å². The van der Waals surface area contributed by atoms with E-state index in [1.807, 2.05) is 43.3 Å². The Morgan fingerprint density at radius 2 is 1.95 bits per heavy atom. The number of nitrogens with zero attached hydrogens (tertiary/aromatic N) is 1. The van der Waals surface area contributed by atoms with Crippen LogP contribution in [0, 0.1) is 6.92 Å². The smallest absolute Gasteiger partial charge is 0.227 e. The maximum atomic E-state index is 5.81. The highest BCUT2D eigenvalue weighted by molar-refractivity contribution is 5.79. The molecule has 0 radical (unpaired) electrons. The molecule has 0 amide bonds. The third-order valence-corrected chi connectivity index (χ3v) is 3.34. The van der Waals surface area contributed by atoms with Gasteiger partial charge in [0.05, 0.1) is 7.11 Å². The van der Waals surface area contributed by atoms with E-state index in [2.05, 4.69) is 4.98 Å². The molecule has 20 heavy (non-hydrogen) atoms. The van der Waals surface area contributed by atoms with Crippen LogP contribution in [0.3, 0.4) is 0 Å². The zero-order valence-corrected chi connectivity index (χ0v) is 11.5. The molecule has 0 aliphatic heterocycles. The fourth-order valence-corrected chi connectivity index (χ4v) is 2.18. The van der Waals surface area contributed by atoms with Crippen LogP contribution in [0.15, 0.2) is 40.8 Å². The average molecular weight is 268 g/mol. The Bertz CT molecular complexity index is 745. The lowest BCUT2D eigenvalue weighted by Gasteiger charge is -2.01. The molecule has 0 atom stereocenters. The average Bonchev–Trinajstić information content (AvgIpc) is 2.89.